The number of aromatic nitrogens is 3. The number of fused-ring (bicyclic) bond motifs is 1. The number of piperidine rings is 1. The molecule has 1 amide bonds. The summed E-state index contributed by atoms with van der Waals surface area (Å²) in [5.41, 5.74) is 0.342. The van der Waals surface area contributed by atoms with Crippen LogP contribution in [0.5, 0.6) is 5.75 Å². The van der Waals surface area contributed by atoms with Crippen LogP contribution in [0.3, 0.4) is 0 Å². The molecule has 152 valence electrons. The second-order valence-electron chi connectivity index (χ2n) is 7.22. The van der Waals surface area contributed by atoms with Gasteiger partial charge in [0.15, 0.2) is 0 Å². The minimum absolute atomic E-state index is 0.0264. The van der Waals surface area contributed by atoms with Gasteiger partial charge in [0.1, 0.15) is 11.3 Å². The van der Waals surface area contributed by atoms with Crippen molar-refractivity contribution in [1.29, 1.82) is 0 Å². The van der Waals surface area contributed by atoms with Crippen molar-refractivity contribution in [3.63, 3.8) is 0 Å². The summed E-state index contributed by atoms with van der Waals surface area (Å²) in [6.45, 7) is 4.33. The van der Waals surface area contributed by atoms with Gasteiger partial charge in [-0.1, -0.05) is 36.5 Å². The quantitative estimate of drug-likeness (QED) is 0.691. The standard InChI is InChI=1S/C20H23N5O3S/c1-13-7-9-24(10-8-13)20-23-25-18(27)15(12-22-19(25)29-20)17(26)21-11-14-5-3-4-6-16(14)28-2/h3-6,12-13H,7-11H2,1-2H3,(H,21,26). The number of hydrogen-bond acceptors (Lipinski definition) is 7. The maximum atomic E-state index is 12.8. The van der Waals surface area contributed by atoms with Crippen LogP contribution in [0.4, 0.5) is 5.13 Å². The maximum absolute atomic E-state index is 12.8. The molecule has 1 aromatic carbocycles. The lowest BCUT2D eigenvalue weighted by molar-refractivity contribution is 0.0948. The number of methoxy groups -OCH3 is 1. The molecule has 1 N–H and O–H groups in total. The predicted molar refractivity (Wildman–Crippen MR) is 112 cm³/mol. The number of anilines is 1. The number of hydrogen-bond donors (Lipinski definition) is 1. The smallest absolute Gasteiger partial charge is 0.288 e. The molecule has 0 radical (unpaired) electrons. The van der Waals surface area contributed by atoms with Gasteiger partial charge in [0.05, 0.1) is 7.11 Å². The van der Waals surface area contributed by atoms with Crippen molar-refractivity contribution >= 4 is 27.3 Å². The number of nitrogens with one attached hydrogen (secondary N) is 1. The maximum Gasteiger partial charge on any atom is 0.288 e. The zero-order chi connectivity index (χ0) is 20.4. The molecule has 0 aliphatic carbocycles. The normalized spacial score (nSPS) is 14.9. The van der Waals surface area contributed by atoms with Gasteiger partial charge in [-0.2, -0.15) is 4.52 Å². The molecule has 1 saturated heterocycles. The van der Waals surface area contributed by atoms with Crippen LogP contribution in [0.15, 0.2) is 35.3 Å². The molecule has 3 aromatic rings. The Hall–Kier alpha value is -2.94. The van der Waals surface area contributed by atoms with Crippen molar-refractivity contribution < 1.29 is 9.53 Å². The van der Waals surface area contributed by atoms with Gasteiger partial charge in [-0.15, -0.1) is 5.10 Å². The van der Waals surface area contributed by atoms with Crippen LogP contribution in [-0.4, -0.2) is 40.7 Å². The highest BCUT2D eigenvalue weighted by molar-refractivity contribution is 7.20. The number of para-hydroxylation sites is 1. The van der Waals surface area contributed by atoms with E-state index >= 15 is 0 Å². The van der Waals surface area contributed by atoms with E-state index in [4.69, 9.17) is 4.74 Å². The fourth-order valence-corrected chi connectivity index (χ4v) is 4.29. The SMILES string of the molecule is COc1ccccc1CNC(=O)c1cnc2sc(N3CCC(C)CC3)nn2c1=O. The second kappa shape index (κ2) is 8.20. The van der Waals surface area contributed by atoms with Crippen molar-refractivity contribution in [2.75, 3.05) is 25.1 Å². The molecule has 4 rings (SSSR count). The number of ether oxygens (including phenoxy) is 1. The Kier molecular flexibility index (Phi) is 5.48. The summed E-state index contributed by atoms with van der Waals surface area (Å²) >= 11 is 1.37. The van der Waals surface area contributed by atoms with E-state index in [2.05, 4.69) is 27.2 Å². The highest BCUT2D eigenvalue weighted by Gasteiger charge is 2.21. The highest BCUT2D eigenvalue weighted by Crippen LogP contribution is 2.26. The average Bonchev–Trinajstić information content (AvgIpc) is 3.18. The molecule has 29 heavy (non-hydrogen) atoms. The van der Waals surface area contributed by atoms with Crippen LogP contribution in [0.2, 0.25) is 0 Å². The van der Waals surface area contributed by atoms with Gasteiger partial charge in [0, 0.05) is 31.4 Å². The van der Waals surface area contributed by atoms with Crippen LogP contribution < -0.4 is 20.5 Å². The van der Waals surface area contributed by atoms with Crippen LogP contribution in [-0.2, 0) is 6.54 Å². The molecule has 0 atom stereocenters. The minimum atomic E-state index is -0.482. The molecule has 0 saturated carbocycles. The zero-order valence-electron chi connectivity index (χ0n) is 16.4. The minimum Gasteiger partial charge on any atom is -0.496 e. The molecule has 0 unspecified atom stereocenters. The van der Waals surface area contributed by atoms with Gasteiger partial charge in [0.2, 0.25) is 10.1 Å². The number of carbonyl (C=O) groups excluding carboxylic acids is 1. The third-order valence-electron chi connectivity index (χ3n) is 5.21. The Balaban J connectivity index is 1.54. The summed E-state index contributed by atoms with van der Waals surface area (Å²) < 4.78 is 6.52. The van der Waals surface area contributed by atoms with Gasteiger partial charge >= 0.3 is 0 Å². The fraction of sp³-hybridized carbons (Fsp3) is 0.400. The lowest BCUT2D eigenvalue weighted by Gasteiger charge is -2.29. The molecular formula is C20H23N5O3S. The number of nitrogens with zero attached hydrogens (tertiary/aromatic N) is 4. The number of carbonyl (C=O) groups is 1. The number of benzene rings is 1. The first-order valence-electron chi connectivity index (χ1n) is 9.60. The molecular weight excluding hydrogens is 390 g/mol. The third-order valence-corrected chi connectivity index (χ3v) is 6.19. The zero-order valence-corrected chi connectivity index (χ0v) is 17.2. The topological polar surface area (TPSA) is 88.8 Å². The molecule has 9 heteroatoms. The van der Waals surface area contributed by atoms with E-state index in [1.807, 2.05) is 24.3 Å². The second-order valence-corrected chi connectivity index (χ2v) is 8.15. The van der Waals surface area contributed by atoms with Crippen LogP contribution >= 0.6 is 11.3 Å². The molecule has 8 nitrogen and oxygen atoms in total. The molecule has 0 bridgehead atoms. The Morgan fingerprint density at radius 3 is 2.83 bits per heavy atom. The Labute approximate surface area is 172 Å². The summed E-state index contributed by atoms with van der Waals surface area (Å²) in [7, 11) is 1.58. The largest absolute Gasteiger partial charge is 0.496 e. The summed E-state index contributed by atoms with van der Waals surface area (Å²) in [5, 5.41) is 7.97. The van der Waals surface area contributed by atoms with Crippen molar-refractivity contribution in [1.82, 2.24) is 19.9 Å². The van der Waals surface area contributed by atoms with Gasteiger partial charge in [0.25, 0.3) is 11.5 Å². The molecule has 1 aliphatic heterocycles. The summed E-state index contributed by atoms with van der Waals surface area (Å²) in [6, 6.07) is 7.41. The highest BCUT2D eigenvalue weighted by atomic mass is 32.1. The monoisotopic (exact) mass is 413 g/mol. The molecule has 3 heterocycles. The van der Waals surface area contributed by atoms with Crippen LogP contribution in [0, 0.1) is 5.92 Å². The van der Waals surface area contributed by atoms with E-state index in [0.29, 0.717) is 16.6 Å². The molecule has 0 spiro atoms. The number of rotatable bonds is 5. The molecule has 1 fully saturated rings. The Bertz CT molecular complexity index is 1090. The van der Waals surface area contributed by atoms with Gasteiger partial charge in [-0.05, 0) is 24.8 Å². The van der Waals surface area contributed by atoms with E-state index in [9.17, 15) is 9.59 Å². The van der Waals surface area contributed by atoms with Crippen molar-refractivity contribution in [2.45, 2.75) is 26.3 Å². The summed E-state index contributed by atoms with van der Waals surface area (Å²) in [4.78, 5) is 32.4. The fourth-order valence-electron chi connectivity index (χ4n) is 3.38. The van der Waals surface area contributed by atoms with Gasteiger partial charge in [-0.3, -0.25) is 9.59 Å². The van der Waals surface area contributed by atoms with E-state index < -0.39 is 11.5 Å². The first-order chi connectivity index (χ1) is 14.1. The summed E-state index contributed by atoms with van der Waals surface area (Å²) in [6.07, 6.45) is 3.54. The lowest BCUT2D eigenvalue weighted by atomic mass is 10.00. The van der Waals surface area contributed by atoms with Crippen molar-refractivity contribution in [3.8, 4) is 5.75 Å². The van der Waals surface area contributed by atoms with Crippen molar-refractivity contribution in [3.05, 3.63) is 51.9 Å². The summed E-state index contributed by atoms with van der Waals surface area (Å²) in [5.74, 6) is 0.905. The van der Waals surface area contributed by atoms with E-state index in [-0.39, 0.29) is 12.1 Å². The van der Waals surface area contributed by atoms with Crippen LogP contribution in [0.25, 0.3) is 4.96 Å². The van der Waals surface area contributed by atoms with Gasteiger partial charge in [-0.25, -0.2) is 4.98 Å². The third kappa shape index (κ3) is 3.95. The Morgan fingerprint density at radius 2 is 2.07 bits per heavy atom. The first-order valence-corrected chi connectivity index (χ1v) is 10.4. The first kappa shape index (κ1) is 19.4. The Morgan fingerprint density at radius 1 is 1.31 bits per heavy atom. The van der Waals surface area contributed by atoms with Gasteiger partial charge < -0.3 is 15.0 Å². The van der Waals surface area contributed by atoms with Crippen LogP contribution in [0.1, 0.15) is 35.7 Å². The average molecular weight is 414 g/mol. The lowest BCUT2D eigenvalue weighted by Crippen LogP contribution is -2.33. The molecule has 2 aromatic heterocycles. The van der Waals surface area contributed by atoms with E-state index in [1.54, 1.807) is 7.11 Å². The number of amides is 1. The molecule has 1 aliphatic rings. The predicted octanol–water partition coefficient (Wildman–Crippen LogP) is 2.33. The van der Waals surface area contributed by atoms with E-state index in [0.717, 1.165) is 36.6 Å². The van der Waals surface area contributed by atoms with Crippen molar-refractivity contribution in [2.24, 2.45) is 5.92 Å². The van der Waals surface area contributed by atoms with E-state index in [1.165, 1.54) is 22.0 Å².